The molecule has 0 atom stereocenters. The molecule has 1 aromatic carbocycles. The van der Waals surface area contributed by atoms with Crippen molar-refractivity contribution in [2.45, 2.75) is 19.3 Å². The number of unbranched alkanes of at least 4 members (excludes halogenated alkanes) is 2. The highest BCUT2D eigenvalue weighted by Gasteiger charge is 2.13. The molecule has 7 nitrogen and oxygen atoms in total. The van der Waals surface area contributed by atoms with E-state index in [1.807, 2.05) is 12.1 Å². The van der Waals surface area contributed by atoms with E-state index in [0.717, 1.165) is 12.8 Å². The molecule has 0 radical (unpaired) electrons. The van der Waals surface area contributed by atoms with Gasteiger partial charge in [-0.05, 0) is 25.0 Å². The number of hydrogen-bond acceptors (Lipinski definition) is 7. The number of rotatable bonds is 6. The Bertz CT molecular complexity index is 775. The number of hydrogen-bond donors (Lipinski definition) is 2. The maximum atomic E-state index is 9.24. The van der Waals surface area contributed by atoms with Crippen LogP contribution in [-0.2, 0) is 0 Å². The van der Waals surface area contributed by atoms with E-state index in [1.165, 1.54) is 0 Å². The van der Waals surface area contributed by atoms with Crippen LogP contribution < -0.4 is 16.2 Å². The number of nitriles is 2. The van der Waals surface area contributed by atoms with Crippen molar-refractivity contribution in [2.24, 2.45) is 0 Å². The molecule has 0 bridgehead atoms. The first kappa shape index (κ1) is 16.1. The second kappa shape index (κ2) is 7.62. The zero-order valence-corrected chi connectivity index (χ0v) is 12.5. The molecule has 2 aromatic rings. The molecular formula is C16H16N6O. The lowest BCUT2D eigenvalue weighted by Gasteiger charge is -2.09. The topological polar surface area (TPSA) is 135 Å². The smallest absolute Gasteiger partial charge is 0.222 e. The molecular weight excluding hydrogens is 292 g/mol. The number of anilines is 2. The summed E-state index contributed by atoms with van der Waals surface area (Å²) in [7, 11) is 0. The summed E-state index contributed by atoms with van der Waals surface area (Å²) in [6.45, 7) is 0.518. The summed E-state index contributed by atoms with van der Waals surface area (Å²) in [6, 6.07) is 11.3. The van der Waals surface area contributed by atoms with Crippen molar-refractivity contribution in [3.8, 4) is 29.1 Å². The second-order valence-electron chi connectivity index (χ2n) is 4.79. The predicted octanol–water partition coefficient (Wildman–Crippen LogP) is 2.25. The number of benzene rings is 1. The van der Waals surface area contributed by atoms with Crippen molar-refractivity contribution in [1.29, 1.82) is 10.5 Å². The maximum Gasteiger partial charge on any atom is 0.222 e. The number of ether oxygens (including phenoxy) is 1. The maximum absolute atomic E-state index is 9.24. The Hall–Kier alpha value is -3.32. The highest BCUT2D eigenvalue weighted by atomic mass is 16.5. The van der Waals surface area contributed by atoms with Crippen LogP contribution >= 0.6 is 0 Å². The Morgan fingerprint density at radius 3 is 2.70 bits per heavy atom. The summed E-state index contributed by atoms with van der Waals surface area (Å²) in [4.78, 5) is 7.91. The van der Waals surface area contributed by atoms with Crippen molar-refractivity contribution in [1.82, 2.24) is 9.97 Å². The monoisotopic (exact) mass is 308 g/mol. The van der Waals surface area contributed by atoms with E-state index in [4.69, 9.17) is 21.5 Å². The second-order valence-corrected chi connectivity index (χ2v) is 4.79. The van der Waals surface area contributed by atoms with Gasteiger partial charge in [0.1, 0.15) is 23.2 Å². The summed E-state index contributed by atoms with van der Waals surface area (Å²) in [6.07, 6.45) is 2.12. The Kier molecular flexibility index (Phi) is 5.32. The van der Waals surface area contributed by atoms with Gasteiger partial charge in [-0.1, -0.05) is 12.1 Å². The van der Waals surface area contributed by atoms with Gasteiger partial charge in [0.2, 0.25) is 5.95 Å². The van der Waals surface area contributed by atoms with Crippen molar-refractivity contribution in [2.75, 3.05) is 18.1 Å². The zero-order valence-electron chi connectivity index (χ0n) is 12.5. The Balaban J connectivity index is 2.21. The fraction of sp³-hybridized carbons (Fsp3) is 0.250. The fourth-order valence-electron chi connectivity index (χ4n) is 2.04. The molecule has 1 heterocycles. The van der Waals surface area contributed by atoms with E-state index in [1.54, 1.807) is 18.2 Å². The number of nitrogen functional groups attached to an aromatic ring is 2. The first-order chi connectivity index (χ1) is 11.2. The molecule has 116 valence electrons. The molecule has 0 spiro atoms. The molecule has 0 aliphatic heterocycles. The van der Waals surface area contributed by atoms with Crippen LogP contribution in [0.15, 0.2) is 24.3 Å². The van der Waals surface area contributed by atoms with Gasteiger partial charge >= 0.3 is 0 Å². The molecule has 0 aliphatic carbocycles. The first-order valence-electron chi connectivity index (χ1n) is 7.09. The molecule has 0 amide bonds. The van der Waals surface area contributed by atoms with Gasteiger partial charge in [-0.3, -0.25) is 0 Å². The average Bonchev–Trinajstić information content (AvgIpc) is 2.54. The molecule has 0 saturated carbocycles. The van der Waals surface area contributed by atoms with E-state index < -0.39 is 0 Å². The highest BCUT2D eigenvalue weighted by Crippen LogP contribution is 2.28. The van der Waals surface area contributed by atoms with Gasteiger partial charge in [-0.15, -0.1) is 0 Å². The fourth-order valence-corrected chi connectivity index (χ4v) is 2.04. The van der Waals surface area contributed by atoms with E-state index in [2.05, 4.69) is 16.0 Å². The molecule has 0 aliphatic rings. The van der Waals surface area contributed by atoms with Crippen LogP contribution in [0.1, 0.15) is 24.8 Å². The lowest BCUT2D eigenvalue weighted by atomic mass is 10.1. The summed E-state index contributed by atoms with van der Waals surface area (Å²) in [5.41, 5.74) is 12.6. The van der Waals surface area contributed by atoms with Gasteiger partial charge in [-0.2, -0.15) is 15.5 Å². The number of nitrogens with two attached hydrogens (primary N) is 2. The lowest BCUT2D eigenvalue weighted by molar-refractivity contribution is 0.307. The Morgan fingerprint density at radius 2 is 1.96 bits per heavy atom. The van der Waals surface area contributed by atoms with Crippen LogP contribution in [-0.4, -0.2) is 16.6 Å². The lowest BCUT2D eigenvalue weighted by Crippen LogP contribution is -2.05. The van der Waals surface area contributed by atoms with Crippen LogP contribution in [0.4, 0.5) is 11.8 Å². The standard InChI is InChI=1S/C16H16N6O/c17-7-2-1-3-8-23-12-6-4-5-11(9-12)14-13(10-18)15(19)22-16(20)21-14/h4-6,9H,1-3,8H2,(H4,19,20,21,22). The highest BCUT2D eigenvalue weighted by molar-refractivity contribution is 5.73. The first-order valence-corrected chi connectivity index (χ1v) is 7.09. The van der Waals surface area contributed by atoms with E-state index in [9.17, 15) is 5.26 Å². The third kappa shape index (κ3) is 4.08. The van der Waals surface area contributed by atoms with Crippen molar-refractivity contribution in [3.05, 3.63) is 29.8 Å². The van der Waals surface area contributed by atoms with Crippen LogP contribution in [0.3, 0.4) is 0 Å². The quantitative estimate of drug-likeness (QED) is 0.781. The molecule has 7 heteroatoms. The summed E-state index contributed by atoms with van der Waals surface area (Å²) < 4.78 is 5.65. The van der Waals surface area contributed by atoms with Crippen LogP contribution in [0.2, 0.25) is 0 Å². The van der Waals surface area contributed by atoms with Gasteiger partial charge in [0, 0.05) is 12.0 Å². The minimum Gasteiger partial charge on any atom is -0.494 e. The minimum atomic E-state index is 0.0133. The molecule has 23 heavy (non-hydrogen) atoms. The molecule has 2 rings (SSSR count). The molecule has 0 saturated heterocycles. The normalized spacial score (nSPS) is 9.83. The summed E-state index contributed by atoms with van der Waals surface area (Å²) in [5, 5.41) is 17.7. The van der Waals surface area contributed by atoms with Crippen LogP contribution in [0.25, 0.3) is 11.3 Å². The summed E-state index contributed by atoms with van der Waals surface area (Å²) >= 11 is 0. The third-order valence-electron chi connectivity index (χ3n) is 3.13. The third-order valence-corrected chi connectivity index (χ3v) is 3.13. The van der Waals surface area contributed by atoms with Crippen molar-refractivity contribution in [3.63, 3.8) is 0 Å². The van der Waals surface area contributed by atoms with E-state index in [-0.39, 0.29) is 17.3 Å². The van der Waals surface area contributed by atoms with Gasteiger partial charge in [-0.25, -0.2) is 4.98 Å². The molecule has 4 N–H and O–H groups in total. The predicted molar refractivity (Wildman–Crippen MR) is 86.0 cm³/mol. The van der Waals surface area contributed by atoms with Gasteiger partial charge < -0.3 is 16.2 Å². The largest absolute Gasteiger partial charge is 0.494 e. The molecule has 0 unspecified atom stereocenters. The van der Waals surface area contributed by atoms with Crippen LogP contribution in [0.5, 0.6) is 5.75 Å². The number of aromatic nitrogens is 2. The van der Waals surface area contributed by atoms with Crippen LogP contribution in [0, 0.1) is 22.7 Å². The zero-order chi connectivity index (χ0) is 16.7. The Morgan fingerprint density at radius 1 is 1.13 bits per heavy atom. The summed E-state index contributed by atoms with van der Waals surface area (Å²) in [5.74, 6) is 0.719. The molecule has 1 aromatic heterocycles. The minimum absolute atomic E-state index is 0.0133. The van der Waals surface area contributed by atoms with Gasteiger partial charge in [0.05, 0.1) is 18.4 Å². The number of nitrogens with zero attached hydrogens (tertiary/aromatic N) is 4. The van der Waals surface area contributed by atoms with Gasteiger partial charge in [0.15, 0.2) is 0 Å². The van der Waals surface area contributed by atoms with E-state index >= 15 is 0 Å². The Labute approximate surface area is 134 Å². The molecule has 0 fully saturated rings. The van der Waals surface area contributed by atoms with E-state index in [0.29, 0.717) is 30.0 Å². The van der Waals surface area contributed by atoms with Gasteiger partial charge in [0.25, 0.3) is 0 Å². The van der Waals surface area contributed by atoms with Crippen molar-refractivity contribution < 1.29 is 4.74 Å². The SMILES string of the molecule is N#CCCCCOc1cccc(-c2nc(N)nc(N)c2C#N)c1. The average molecular weight is 308 g/mol. The van der Waals surface area contributed by atoms with Crippen molar-refractivity contribution >= 4 is 11.8 Å².